The molecule has 0 aliphatic carbocycles. The summed E-state index contributed by atoms with van der Waals surface area (Å²) in [6, 6.07) is 7.02. The maximum Gasteiger partial charge on any atom is 0.243 e. The number of benzene rings is 1. The molecule has 0 saturated carbocycles. The number of aromatic nitrogens is 2. The van der Waals surface area contributed by atoms with E-state index < -0.39 is 6.04 Å². The van der Waals surface area contributed by atoms with Crippen LogP contribution in [0.5, 0.6) is 0 Å². The highest BCUT2D eigenvalue weighted by Gasteiger charge is 2.18. The van der Waals surface area contributed by atoms with E-state index in [0.717, 1.165) is 10.6 Å². The number of anilines is 1. The number of amides is 1. The molecule has 0 spiro atoms. The smallest absolute Gasteiger partial charge is 0.243 e. The van der Waals surface area contributed by atoms with Crippen molar-refractivity contribution in [3.63, 3.8) is 0 Å². The largest absolute Gasteiger partial charge is 0.320 e. The van der Waals surface area contributed by atoms with Gasteiger partial charge >= 0.3 is 0 Å². The van der Waals surface area contributed by atoms with Crippen LogP contribution in [0.3, 0.4) is 0 Å². The van der Waals surface area contributed by atoms with E-state index in [1.54, 1.807) is 0 Å². The molecule has 1 atom stereocenters. The molecule has 2 rings (SSSR count). The summed E-state index contributed by atoms with van der Waals surface area (Å²) >= 11 is 7.28. The Morgan fingerprint density at radius 2 is 2.19 bits per heavy atom. The molecule has 0 bridgehead atoms. The van der Waals surface area contributed by atoms with Crippen LogP contribution in [-0.2, 0) is 11.2 Å². The first-order chi connectivity index (χ1) is 9.95. The van der Waals surface area contributed by atoms with Crippen LogP contribution in [0.1, 0.15) is 24.4 Å². The lowest BCUT2D eigenvalue weighted by Gasteiger charge is -2.13. The molecule has 3 N–H and O–H groups in total. The molecule has 1 amide bonds. The van der Waals surface area contributed by atoms with Gasteiger partial charge in [0.1, 0.15) is 5.01 Å². The first kappa shape index (κ1) is 15.9. The lowest BCUT2D eigenvalue weighted by Crippen LogP contribution is -2.39. The Morgan fingerprint density at radius 3 is 2.86 bits per heavy atom. The van der Waals surface area contributed by atoms with Crippen LogP contribution in [0.15, 0.2) is 24.3 Å². The van der Waals surface area contributed by atoms with Crippen LogP contribution in [0.4, 0.5) is 5.13 Å². The summed E-state index contributed by atoms with van der Waals surface area (Å²) in [7, 11) is 0. The predicted octanol–water partition coefficient (Wildman–Crippen LogP) is 2.70. The zero-order valence-corrected chi connectivity index (χ0v) is 13.4. The Labute approximate surface area is 132 Å². The van der Waals surface area contributed by atoms with Gasteiger partial charge in [-0.3, -0.25) is 10.1 Å². The predicted molar refractivity (Wildman–Crippen MR) is 85.6 cm³/mol. The van der Waals surface area contributed by atoms with Crippen molar-refractivity contribution < 1.29 is 4.79 Å². The Balaban J connectivity index is 2.00. The third-order valence-corrected chi connectivity index (χ3v) is 4.04. The molecule has 0 aliphatic heterocycles. The lowest BCUT2D eigenvalue weighted by atomic mass is 10.1. The third kappa shape index (κ3) is 4.49. The Morgan fingerprint density at radius 1 is 1.43 bits per heavy atom. The van der Waals surface area contributed by atoms with Gasteiger partial charge in [0.25, 0.3) is 0 Å². The number of hydrogen-bond acceptors (Lipinski definition) is 5. The quantitative estimate of drug-likeness (QED) is 0.886. The highest BCUT2D eigenvalue weighted by atomic mass is 35.5. The molecule has 1 aromatic heterocycles. The number of nitrogens with two attached hydrogens (primary N) is 1. The normalized spacial score (nSPS) is 12.4. The van der Waals surface area contributed by atoms with Gasteiger partial charge in [-0.15, -0.1) is 10.2 Å². The molecule has 7 heteroatoms. The zero-order chi connectivity index (χ0) is 15.4. The minimum absolute atomic E-state index is 0.0730. The van der Waals surface area contributed by atoms with E-state index in [0.29, 0.717) is 16.6 Å². The highest BCUT2D eigenvalue weighted by Crippen LogP contribution is 2.20. The van der Waals surface area contributed by atoms with Crippen LogP contribution in [0.2, 0.25) is 5.02 Å². The highest BCUT2D eigenvalue weighted by molar-refractivity contribution is 7.15. The second kappa shape index (κ2) is 6.98. The SMILES string of the molecule is CC(C)[C@H](N)C(=O)Nc1nnc(Cc2cccc(Cl)c2)s1. The molecule has 0 fully saturated rings. The summed E-state index contributed by atoms with van der Waals surface area (Å²) in [5.74, 6) is -0.167. The number of carbonyl (C=O) groups excluding carboxylic acids is 1. The fourth-order valence-electron chi connectivity index (χ4n) is 1.69. The second-order valence-electron chi connectivity index (χ2n) is 5.07. The first-order valence-electron chi connectivity index (χ1n) is 6.59. The number of rotatable bonds is 5. The summed E-state index contributed by atoms with van der Waals surface area (Å²) < 4.78 is 0. The Bertz CT molecular complexity index is 629. The number of carbonyl (C=O) groups is 1. The average Bonchev–Trinajstić information content (AvgIpc) is 2.84. The first-order valence-corrected chi connectivity index (χ1v) is 7.78. The van der Waals surface area contributed by atoms with E-state index in [2.05, 4.69) is 15.5 Å². The summed E-state index contributed by atoms with van der Waals surface area (Å²) in [5, 5.41) is 12.7. The van der Waals surface area contributed by atoms with E-state index in [1.807, 2.05) is 38.1 Å². The van der Waals surface area contributed by atoms with Gasteiger partial charge in [0.15, 0.2) is 0 Å². The van der Waals surface area contributed by atoms with Gasteiger partial charge in [0.05, 0.1) is 6.04 Å². The van der Waals surface area contributed by atoms with E-state index in [9.17, 15) is 4.79 Å². The van der Waals surface area contributed by atoms with Crippen LogP contribution < -0.4 is 11.1 Å². The molecule has 1 aromatic carbocycles. The standard InChI is InChI=1S/C14H17ClN4OS/c1-8(2)12(16)13(20)17-14-19-18-11(21-14)7-9-4-3-5-10(15)6-9/h3-6,8,12H,7,16H2,1-2H3,(H,17,19,20)/t12-/m0/s1. The van der Waals surface area contributed by atoms with Crippen molar-refractivity contribution in [3.8, 4) is 0 Å². The topological polar surface area (TPSA) is 80.9 Å². The van der Waals surface area contributed by atoms with Crippen molar-refractivity contribution in [2.45, 2.75) is 26.3 Å². The van der Waals surface area contributed by atoms with Gasteiger partial charge in [-0.25, -0.2) is 0 Å². The molecule has 21 heavy (non-hydrogen) atoms. The number of hydrogen-bond donors (Lipinski definition) is 2. The molecular weight excluding hydrogens is 308 g/mol. The molecule has 5 nitrogen and oxygen atoms in total. The molecule has 112 valence electrons. The minimum Gasteiger partial charge on any atom is -0.320 e. The summed E-state index contributed by atoms with van der Waals surface area (Å²) in [4.78, 5) is 11.9. The minimum atomic E-state index is -0.551. The maximum atomic E-state index is 11.9. The van der Waals surface area contributed by atoms with Gasteiger partial charge in [0.2, 0.25) is 11.0 Å². The van der Waals surface area contributed by atoms with Gasteiger partial charge in [0, 0.05) is 11.4 Å². The van der Waals surface area contributed by atoms with Crippen LogP contribution in [0, 0.1) is 5.92 Å². The fraction of sp³-hybridized carbons (Fsp3) is 0.357. The van der Waals surface area contributed by atoms with Gasteiger partial charge in [-0.05, 0) is 23.6 Å². The number of nitrogens with one attached hydrogen (secondary N) is 1. The van der Waals surface area contributed by atoms with Gasteiger partial charge < -0.3 is 5.73 Å². The van der Waals surface area contributed by atoms with E-state index in [4.69, 9.17) is 17.3 Å². The van der Waals surface area contributed by atoms with Crippen molar-refractivity contribution >= 4 is 34.0 Å². The van der Waals surface area contributed by atoms with Crippen molar-refractivity contribution in [1.82, 2.24) is 10.2 Å². The lowest BCUT2D eigenvalue weighted by molar-refractivity contribution is -0.118. The second-order valence-corrected chi connectivity index (χ2v) is 6.57. The van der Waals surface area contributed by atoms with E-state index in [-0.39, 0.29) is 11.8 Å². The van der Waals surface area contributed by atoms with Crippen LogP contribution in [-0.4, -0.2) is 22.1 Å². The van der Waals surface area contributed by atoms with Crippen molar-refractivity contribution in [3.05, 3.63) is 39.9 Å². The molecule has 0 radical (unpaired) electrons. The molecule has 0 unspecified atom stereocenters. The zero-order valence-electron chi connectivity index (χ0n) is 11.8. The van der Waals surface area contributed by atoms with E-state index in [1.165, 1.54) is 11.3 Å². The summed E-state index contributed by atoms with van der Waals surface area (Å²) in [6.07, 6.45) is 0.629. The molecule has 0 aliphatic rings. The third-order valence-electron chi connectivity index (χ3n) is 2.96. The molecular formula is C14H17ClN4OS. The number of halogens is 1. The molecule has 0 saturated heterocycles. The van der Waals surface area contributed by atoms with Crippen LogP contribution in [0.25, 0.3) is 0 Å². The number of nitrogens with zero attached hydrogens (tertiary/aromatic N) is 2. The fourth-order valence-corrected chi connectivity index (χ4v) is 2.68. The Kier molecular flexibility index (Phi) is 5.27. The van der Waals surface area contributed by atoms with Gasteiger partial charge in [-0.2, -0.15) is 0 Å². The average molecular weight is 325 g/mol. The monoisotopic (exact) mass is 324 g/mol. The maximum absolute atomic E-state index is 11.9. The van der Waals surface area contributed by atoms with Crippen LogP contribution >= 0.6 is 22.9 Å². The summed E-state index contributed by atoms with van der Waals surface area (Å²) in [6.45, 7) is 3.80. The van der Waals surface area contributed by atoms with Gasteiger partial charge in [-0.1, -0.05) is 48.9 Å². The summed E-state index contributed by atoms with van der Waals surface area (Å²) in [5.41, 5.74) is 6.84. The molecule has 1 heterocycles. The van der Waals surface area contributed by atoms with Crippen molar-refractivity contribution in [1.29, 1.82) is 0 Å². The van der Waals surface area contributed by atoms with Crippen molar-refractivity contribution in [2.75, 3.05) is 5.32 Å². The van der Waals surface area contributed by atoms with Crippen molar-refractivity contribution in [2.24, 2.45) is 11.7 Å². The molecule has 2 aromatic rings. The Hall–Kier alpha value is -1.50. The van der Waals surface area contributed by atoms with E-state index >= 15 is 0 Å².